The topological polar surface area (TPSA) is 25.3 Å². The average molecular weight is 609 g/mol. The summed E-state index contributed by atoms with van der Waals surface area (Å²) in [7, 11) is 0. The second-order valence-electron chi connectivity index (χ2n) is 13.3. The molecule has 0 unspecified atom stereocenters. The van der Waals surface area contributed by atoms with Crippen molar-refractivity contribution in [1.82, 2.24) is 0 Å². The van der Waals surface area contributed by atoms with Crippen LogP contribution in [0.5, 0.6) is 0 Å². The Morgan fingerprint density at radius 3 is 1.82 bits per heavy atom. The third kappa shape index (κ3) is 11.8. The van der Waals surface area contributed by atoms with Crippen LogP contribution >= 0.6 is 0 Å². The molecule has 0 atom stereocenters. The monoisotopic (exact) mass is 609 g/mol. The molecule has 2 aromatic rings. The molecule has 2 heteroatoms. The van der Waals surface area contributed by atoms with E-state index in [1.807, 2.05) is 0 Å². The lowest BCUT2D eigenvalue weighted by atomic mass is 9.90. The van der Waals surface area contributed by atoms with E-state index in [0.717, 1.165) is 56.3 Å². The van der Waals surface area contributed by atoms with Crippen LogP contribution < -0.4 is 0 Å². The van der Waals surface area contributed by atoms with Gasteiger partial charge in [0.15, 0.2) is 0 Å². The third-order valence-electron chi connectivity index (χ3n) is 9.42. The Labute approximate surface area is 277 Å². The first-order chi connectivity index (χ1) is 22.2. The van der Waals surface area contributed by atoms with Crippen molar-refractivity contribution in [2.24, 2.45) is 0 Å². The Hall–Kier alpha value is -2.74. The minimum atomic E-state index is 1.03. The molecule has 0 fully saturated rings. The molecule has 0 amide bonds. The Balaban J connectivity index is 1.94. The molecule has 1 heterocycles. The van der Waals surface area contributed by atoms with Gasteiger partial charge in [-0.25, -0.2) is 4.70 Å². The van der Waals surface area contributed by atoms with E-state index in [1.165, 1.54) is 123 Å². The molecule has 0 saturated heterocycles. The number of unbranched alkanes of at least 4 members (excludes halogenated alkanes) is 12. The van der Waals surface area contributed by atoms with Gasteiger partial charge >= 0.3 is 0 Å². The molecule has 3 rings (SSSR count). The van der Waals surface area contributed by atoms with Crippen molar-refractivity contribution < 1.29 is 4.70 Å². The number of hydrogen-bond acceptors (Lipinski definition) is 0. The largest absolute Gasteiger partial charge is 0.493 e. The van der Waals surface area contributed by atoms with Gasteiger partial charge in [-0.1, -0.05) is 134 Å². The zero-order valence-corrected chi connectivity index (χ0v) is 29.5. The molecule has 1 aliphatic heterocycles. The fourth-order valence-electron chi connectivity index (χ4n) is 6.80. The molecule has 2 nitrogen and oxygen atoms in total. The Morgan fingerprint density at radius 2 is 1.11 bits per heavy atom. The van der Waals surface area contributed by atoms with Crippen LogP contribution in [0.1, 0.15) is 172 Å². The van der Waals surface area contributed by atoms with E-state index in [9.17, 15) is 5.53 Å². The molecule has 45 heavy (non-hydrogen) atoms. The lowest BCUT2D eigenvalue weighted by Crippen LogP contribution is -2.05. The first-order valence-electron chi connectivity index (χ1n) is 18.9. The van der Waals surface area contributed by atoms with Gasteiger partial charge in [0.1, 0.15) is 0 Å². The van der Waals surface area contributed by atoms with Crippen LogP contribution in [0.4, 0.5) is 0 Å². The number of hydrogen-bond donors (Lipinski definition) is 0. The van der Waals surface area contributed by atoms with Gasteiger partial charge in [0.05, 0.1) is 0 Å². The molecule has 1 aliphatic rings. The van der Waals surface area contributed by atoms with Crippen LogP contribution in [0, 0.1) is 0 Å². The smallest absolute Gasteiger partial charge is 0.211 e. The molecule has 0 bridgehead atoms. The van der Waals surface area contributed by atoms with Crippen LogP contribution in [-0.4, -0.2) is 4.70 Å². The molecule has 0 aromatic heterocycles. The van der Waals surface area contributed by atoms with E-state index in [2.05, 4.69) is 88.4 Å². The summed E-state index contributed by atoms with van der Waals surface area (Å²) in [4.78, 5) is 0. The maximum absolute atomic E-state index is 12.2. The number of rotatable bonds is 24. The second kappa shape index (κ2) is 21.9. The van der Waals surface area contributed by atoms with Crippen molar-refractivity contribution in [3.63, 3.8) is 0 Å². The maximum Gasteiger partial charge on any atom is 0.211 e. The highest BCUT2D eigenvalue weighted by atomic mass is 15.2. The number of aryl methyl sites for hydroxylation is 2. The van der Waals surface area contributed by atoms with E-state index < -0.39 is 0 Å². The summed E-state index contributed by atoms with van der Waals surface area (Å²) in [6.07, 6.45) is 30.0. The van der Waals surface area contributed by atoms with Crippen molar-refractivity contribution >= 4 is 11.4 Å². The molecule has 0 N–H and O–H groups in total. The normalized spacial score (nSPS) is 13.6. The summed E-state index contributed by atoms with van der Waals surface area (Å²) in [5.41, 5.74) is 22.2. The van der Waals surface area contributed by atoms with Gasteiger partial charge in [-0.3, -0.25) is 0 Å². The van der Waals surface area contributed by atoms with Crippen molar-refractivity contribution in [3.05, 3.63) is 99.6 Å². The van der Waals surface area contributed by atoms with Crippen LogP contribution in [0.15, 0.2) is 71.8 Å². The second-order valence-corrected chi connectivity index (χ2v) is 13.3. The predicted molar refractivity (Wildman–Crippen MR) is 197 cm³/mol. The van der Waals surface area contributed by atoms with Crippen LogP contribution in [0.3, 0.4) is 0 Å². The number of nitrogens with zero attached hydrogens (tertiary/aromatic N) is 2. The van der Waals surface area contributed by atoms with Gasteiger partial charge in [0, 0.05) is 22.3 Å². The molecule has 0 radical (unpaired) electrons. The lowest BCUT2D eigenvalue weighted by Gasteiger charge is -2.14. The lowest BCUT2D eigenvalue weighted by molar-refractivity contribution is -0.345. The van der Waals surface area contributed by atoms with Crippen LogP contribution in [0.2, 0.25) is 0 Å². The van der Waals surface area contributed by atoms with Crippen LogP contribution in [0.25, 0.3) is 16.9 Å². The van der Waals surface area contributed by atoms with E-state index in [0.29, 0.717) is 0 Å². The van der Waals surface area contributed by atoms with Gasteiger partial charge in [-0.15, -0.1) is 0 Å². The average Bonchev–Trinajstić information content (AvgIpc) is 3.33. The van der Waals surface area contributed by atoms with E-state index in [-0.39, 0.29) is 0 Å². The third-order valence-corrected chi connectivity index (χ3v) is 9.42. The van der Waals surface area contributed by atoms with E-state index in [4.69, 9.17) is 0 Å². The Bertz CT molecular complexity index is 1240. The van der Waals surface area contributed by atoms with E-state index in [1.54, 1.807) is 4.70 Å². The minimum absolute atomic E-state index is 1.03. The zero-order valence-electron chi connectivity index (χ0n) is 29.5. The summed E-state index contributed by atoms with van der Waals surface area (Å²) in [5.74, 6) is 0. The zero-order chi connectivity index (χ0) is 32.1. The van der Waals surface area contributed by atoms with E-state index >= 15 is 0 Å². The fraction of sp³-hybridized carbons (Fsp3) is 0.581. The fourth-order valence-corrected chi connectivity index (χ4v) is 6.80. The molecule has 246 valence electrons. The van der Waals surface area contributed by atoms with Crippen molar-refractivity contribution in [2.45, 2.75) is 163 Å². The first-order valence-corrected chi connectivity index (χ1v) is 18.9. The number of allylic oxidation sites excluding steroid dienone is 4. The molecular formula is C43H64N2. The Morgan fingerprint density at radius 1 is 0.533 bits per heavy atom. The summed E-state index contributed by atoms with van der Waals surface area (Å²) >= 11 is 0. The SMILES string of the molecule is CCCCCCC=CCCCc1ccccc1C1=C(CCCCCC)C(CCCCC)=C(c2cccc(CCCCC)c2)[N+]1=[N-]. The highest BCUT2D eigenvalue weighted by Crippen LogP contribution is 2.45. The maximum atomic E-state index is 12.2. The summed E-state index contributed by atoms with van der Waals surface area (Å²) in [6, 6.07) is 17.9. The minimum Gasteiger partial charge on any atom is -0.493 e. The molecule has 0 aliphatic carbocycles. The highest BCUT2D eigenvalue weighted by Gasteiger charge is 2.36. The predicted octanol–water partition coefficient (Wildman–Crippen LogP) is 14.0. The number of benzene rings is 2. The highest BCUT2D eigenvalue weighted by molar-refractivity contribution is 5.83. The van der Waals surface area contributed by atoms with Crippen molar-refractivity contribution in [1.29, 1.82) is 0 Å². The van der Waals surface area contributed by atoms with Crippen molar-refractivity contribution in [3.8, 4) is 0 Å². The van der Waals surface area contributed by atoms with Gasteiger partial charge < -0.3 is 5.53 Å². The van der Waals surface area contributed by atoms with Gasteiger partial charge in [-0.05, 0) is 100.0 Å². The Kier molecular flexibility index (Phi) is 17.9. The summed E-state index contributed by atoms with van der Waals surface area (Å²) in [6.45, 7) is 9.12. The summed E-state index contributed by atoms with van der Waals surface area (Å²) < 4.78 is 1.61. The first kappa shape index (κ1) is 36.7. The molecule has 0 spiro atoms. The van der Waals surface area contributed by atoms with Gasteiger partial charge in [-0.2, -0.15) is 0 Å². The van der Waals surface area contributed by atoms with Crippen molar-refractivity contribution in [2.75, 3.05) is 0 Å². The van der Waals surface area contributed by atoms with Gasteiger partial charge in [0.2, 0.25) is 11.4 Å². The molecule has 2 aromatic carbocycles. The van der Waals surface area contributed by atoms with Gasteiger partial charge in [0.25, 0.3) is 0 Å². The molecular weight excluding hydrogens is 544 g/mol. The molecule has 0 saturated carbocycles. The standard InChI is InChI=1S/C43H64N2/c1-5-9-13-15-16-17-18-19-22-29-37-30-24-25-32-39(37)43-41(34-23-14-10-6-2)40(33-21-12-8-4)42(45(43)44)38-31-26-28-36(35-38)27-20-11-7-3/h17-18,24-26,28,30-32,35H,5-16,19-23,27,29,33-34H2,1-4H3. The quantitative estimate of drug-likeness (QED) is 0.0643. The summed E-state index contributed by atoms with van der Waals surface area (Å²) in [5, 5.41) is 0. The van der Waals surface area contributed by atoms with Crippen LogP contribution in [-0.2, 0) is 12.8 Å².